The molecule has 0 fully saturated rings. The molecule has 1 rings (SSSR count). The summed E-state index contributed by atoms with van der Waals surface area (Å²) in [4.78, 5) is 7.89. The second-order valence-electron chi connectivity index (χ2n) is 1.83. The molecular formula is C6H9N3O. The molecule has 54 valence electrons. The first-order chi connectivity index (χ1) is 4.83. The van der Waals surface area contributed by atoms with Crippen LogP contribution in [-0.4, -0.2) is 16.4 Å². The van der Waals surface area contributed by atoms with Crippen molar-refractivity contribution in [3.8, 4) is 0 Å². The third kappa shape index (κ3) is 1.65. The summed E-state index contributed by atoms with van der Waals surface area (Å²) in [7, 11) is 0. The van der Waals surface area contributed by atoms with Crippen LogP contribution in [-0.2, 0) is 6.54 Å². The Balaban J connectivity index is 2.58. The van der Waals surface area contributed by atoms with E-state index in [9.17, 15) is 0 Å². The Morgan fingerprint density at radius 2 is 2.50 bits per heavy atom. The van der Waals surface area contributed by atoms with Crippen LogP contribution in [0.15, 0.2) is 9.52 Å². The van der Waals surface area contributed by atoms with Crippen LogP contribution in [0, 0.1) is 6.92 Å². The highest BCUT2D eigenvalue weighted by molar-refractivity contribution is 5.53. The quantitative estimate of drug-likeness (QED) is 0.573. The minimum atomic E-state index is 0.483. The van der Waals surface area contributed by atoms with Crippen molar-refractivity contribution in [3.63, 3.8) is 0 Å². The third-order valence-electron chi connectivity index (χ3n) is 0.979. The van der Waals surface area contributed by atoms with E-state index in [2.05, 4.69) is 15.1 Å². The first kappa shape index (κ1) is 6.92. The molecule has 0 bridgehead atoms. The average Bonchev–Trinajstić information content (AvgIpc) is 2.31. The average molecular weight is 139 g/mol. The Morgan fingerprint density at radius 3 is 3.00 bits per heavy atom. The van der Waals surface area contributed by atoms with E-state index >= 15 is 0 Å². The van der Waals surface area contributed by atoms with Crippen molar-refractivity contribution < 1.29 is 4.52 Å². The van der Waals surface area contributed by atoms with Crippen molar-refractivity contribution in [2.24, 2.45) is 4.99 Å². The van der Waals surface area contributed by atoms with Crippen LogP contribution in [0.5, 0.6) is 0 Å². The molecule has 0 spiro atoms. The van der Waals surface area contributed by atoms with E-state index in [4.69, 9.17) is 4.52 Å². The van der Waals surface area contributed by atoms with E-state index in [1.54, 1.807) is 13.1 Å². The van der Waals surface area contributed by atoms with Gasteiger partial charge in [0.1, 0.15) is 6.54 Å². The van der Waals surface area contributed by atoms with Crippen LogP contribution in [0.2, 0.25) is 0 Å². The SMILES string of the molecule is CC=NCc1nc(C)no1. The molecule has 0 aliphatic carbocycles. The fourth-order valence-electron chi connectivity index (χ4n) is 0.574. The standard InChI is InChI=1S/C6H9N3O/c1-3-7-4-6-8-5(2)9-10-6/h3H,4H2,1-2H3. The topological polar surface area (TPSA) is 51.3 Å². The number of hydrogen-bond acceptors (Lipinski definition) is 4. The lowest BCUT2D eigenvalue weighted by Crippen LogP contribution is -1.80. The van der Waals surface area contributed by atoms with Gasteiger partial charge in [0.15, 0.2) is 5.82 Å². The van der Waals surface area contributed by atoms with Gasteiger partial charge in [-0.25, -0.2) is 0 Å². The molecule has 4 heteroatoms. The van der Waals surface area contributed by atoms with E-state index in [1.807, 2.05) is 6.92 Å². The van der Waals surface area contributed by atoms with Crippen LogP contribution in [0.1, 0.15) is 18.6 Å². The number of aromatic nitrogens is 2. The van der Waals surface area contributed by atoms with Crippen molar-refractivity contribution in [3.05, 3.63) is 11.7 Å². The van der Waals surface area contributed by atoms with E-state index in [1.165, 1.54) is 0 Å². The van der Waals surface area contributed by atoms with Gasteiger partial charge in [-0.05, 0) is 20.1 Å². The largest absolute Gasteiger partial charge is 0.337 e. The summed E-state index contributed by atoms with van der Waals surface area (Å²) < 4.78 is 4.79. The molecule has 0 saturated heterocycles. The molecule has 0 aliphatic rings. The maximum atomic E-state index is 4.79. The van der Waals surface area contributed by atoms with Crippen molar-refractivity contribution in [1.29, 1.82) is 0 Å². The molecule has 1 aromatic rings. The number of aliphatic imine (C=N–C) groups is 1. The predicted molar refractivity (Wildman–Crippen MR) is 36.9 cm³/mol. The zero-order chi connectivity index (χ0) is 7.40. The van der Waals surface area contributed by atoms with Gasteiger partial charge in [-0.3, -0.25) is 4.99 Å². The fourth-order valence-corrected chi connectivity index (χ4v) is 0.574. The van der Waals surface area contributed by atoms with E-state index < -0.39 is 0 Å². The minimum Gasteiger partial charge on any atom is -0.337 e. The summed E-state index contributed by atoms with van der Waals surface area (Å²) >= 11 is 0. The third-order valence-corrected chi connectivity index (χ3v) is 0.979. The summed E-state index contributed by atoms with van der Waals surface area (Å²) in [5, 5.41) is 3.61. The molecule has 0 radical (unpaired) electrons. The van der Waals surface area contributed by atoms with Crippen molar-refractivity contribution in [2.45, 2.75) is 20.4 Å². The molecule has 0 aromatic carbocycles. The molecular weight excluding hydrogens is 130 g/mol. The molecule has 0 saturated carbocycles. The van der Waals surface area contributed by atoms with Crippen LogP contribution in [0.3, 0.4) is 0 Å². The van der Waals surface area contributed by atoms with Gasteiger partial charge < -0.3 is 4.52 Å². The lowest BCUT2D eigenvalue weighted by molar-refractivity contribution is 0.377. The summed E-state index contributed by atoms with van der Waals surface area (Å²) in [6.07, 6.45) is 1.71. The van der Waals surface area contributed by atoms with Crippen molar-refractivity contribution >= 4 is 6.21 Å². The summed E-state index contributed by atoms with van der Waals surface area (Å²) in [5.74, 6) is 1.22. The molecule has 0 N–H and O–H groups in total. The summed E-state index contributed by atoms with van der Waals surface area (Å²) in [6, 6.07) is 0. The van der Waals surface area contributed by atoms with Gasteiger partial charge in [-0.2, -0.15) is 4.98 Å². The molecule has 0 amide bonds. The summed E-state index contributed by atoms with van der Waals surface area (Å²) in [6.45, 7) is 4.11. The zero-order valence-corrected chi connectivity index (χ0v) is 6.03. The van der Waals surface area contributed by atoms with Crippen molar-refractivity contribution in [1.82, 2.24) is 10.1 Å². The second kappa shape index (κ2) is 3.10. The molecule has 10 heavy (non-hydrogen) atoms. The fraction of sp³-hybridized carbons (Fsp3) is 0.500. The number of aryl methyl sites for hydroxylation is 1. The van der Waals surface area contributed by atoms with Gasteiger partial charge in [-0.1, -0.05) is 5.16 Å². The Morgan fingerprint density at radius 1 is 1.70 bits per heavy atom. The van der Waals surface area contributed by atoms with Gasteiger partial charge in [0.25, 0.3) is 0 Å². The number of hydrogen-bond donors (Lipinski definition) is 0. The van der Waals surface area contributed by atoms with Crippen molar-refractivity contribution in [2.75, 3.05) is 0 Å². The normalized spacial score (nSPS) is 11.0. The van der Waals surface area contributed by atoms with Crippen LogP contribution in [0.4, 0.5) is 0 Å². The molecule has 4 nitrogen and oxygen atoms in total. The molecule has 1 heterocycles. The maximum absolute atomic E-state index is 4.79. The number of rotatable bonds is 2. The van der Waals surface area contributed by atoms with Crippen LogP contribution in [0.25, 0.3) is 0 Å². The predicted octanol–water partition coefficient (Wildman–Crippen LogP) is 0.969. The number of nitrogens with zero attached hydrogens (tertiary/aromatic N) is 3. The van der Waals surface area contributed by atoms with Gasteiger partial charge in [0.05, 0.1) is 0 Å². The van der Waals surface area contributed by atoms with Gasteiger partial charge in [-0.15, -0.1) is 0 Å². The van der Waals surface area contributed by atoms with Crippen LogP contribution < -0.4 is 0 Å². The zero-order valence-electron chi connectivity index (χ0n) is 6.03. The lowest BCUT2D eigenvalue weighted by atomic mass is 10.6. The van der Waals surface area contributed by atoms with E-state index in [0.29, 0.717) is 18.3 Å². The Labute approximate surface area is 59.0 Å². The van der Waals surface area contributed by atoms with E-state index in [-0.39, 0.29) is 0 Å². The molecule has 0 aliphatic heterocycles. The first-order valence-electron chi connectivity index (χ1n) is 3.06. The summed E-state index contributed by atoms with van der Waals surface area (Å²) in [5.41, 5.74) is 0. The second-order valence-corrected chi connectivity index (χ2v) is 1.83. The highest BCUT2D eigenvalue weighted by Gasteiger charge is 1.97. The van der Waals surface area contributed by atoms with E-state index in [0.717, 1.165) is 0 Å². The molecule has 0 atom stereocenters. The van der Waals surface area contributed by atoms with Gasteiger partial charge in [0, 0.05) is 0 Å². The Bertz CT molecular complexity index is 229. The highest BCUT2D eigenvalue weighted by Crippen LogP contribution is 1.96. The van der Waals surface area contributed by atoms with Gasteiger partial charge >= 0.3 is 0 Å². The monoisotopic (exact) mass is 139 g/mol. The molecule has 1 aromatic heterocycles. The Hall–Kier alpha value is -1.19. The lowest BCUT2D eigenvalue weighted by Gasteiger charge is -1.80. The molecule has 0 unspecified atom stereocenters. The Kier molecular flexibility index (Phi) is 2.15. The van der Waals surface area contributed by atoms with Gasteiger partial charge in [0.2, 0.25) is 5.89 Å². The first-order valence-corrected chi connectivity index (χ1v) is 3.06. The van der Waals surface area contributed by atoms with Crippen LogP contribution >= 0.6 is 0 Å². The minimum absolute atomic E-state index is 0.483. The maximum Gasteiger partial charge on any atom is 0.248 e. The highest BCUT2D eigenvalue weighted by atomic mass is 16.5. The smallest absolute Gasteiger partial charge is 0.248 e.